The van der Waals surface area contributed by atoms with E-state index in [1.165, 1.54) is 12.1 Å². The van der Waals surface area contributed by atoms with Crippen molar-refractivity contribution in [3.05, 3.63) is 87.8 Å². The summed E-state index contributed by atoms with van der Waals surface area (Å²) in [6, 6.07) is 12.3. The van der Waals surface area contributed by atoms with E-state index < -0.39 is 17.6 Å². The van der Waals surface area contributed by atoms with Crippen molar-refractivity contribution in [2.45, 2.75) is 13.1 Å². The lowest BCUT2D eigenvalue weighted by atomic mass is 10.00. The van der Waals surface area contributed by atoms with Crippen LogP contribution >= 0.6 is 0 Å². The lowest BCUT2D eigenvalue weighted by molar-refractivity contribution is -0.137. The van der Waals surface area contributed by atoms with E-state index in [-0.39, 0.29) is 16.9 Å². The number of benzene rings is 2. The number of fused-ring (bicyclic) bond motifs is 1. The molecule has 0 aliphatic rings. The Morgan fingerprint density at radius 2 is 1.84 bits per heavy atom. The average Bonchev–Trinajstić information content (AvgIpc) is 2.74. The van der Waals surface area contributed by atoms with Crippen LogP contribution in [0.3, 0.4) is 0 Å². The van der Waals surface area contributed by atoms with Gasteiger partial charge in [0.15, 0.2) is 0 Å². The molecular formula is C23H17F3N4O2. The first-order valence-electron chi connectivity index (χ1n) is 9.50. The minimum Gasteiger partial charge on any atom is -0.384 e. The van der Waals surface area contributed by atoms with Gasteiger partial charge in [0, 0.05) is 34.5 Å². The summed E-state index contributed by atoms with van der Waals surface area (Å²) in [5.41, 5.74) is 6.83. The number of nitrogen functional groups attached to an aromatic ring is 1. The van der Waals surface area contributed by atoms with Crippen molar-refractivity contribution in [3.63, 3.8) is 0 Å². The van der Waals surface area contributed by atoms with Crippen molar-refractivity contribution in [2.75, 3.05) is 11.1 Å². The molecule has 0 saturated heterocycles. The number of amides is 1. The van der Waals surface area contributed by atoms with E-state index >= 15 is 0 Å². The van der Waals surface area contributed by atoms with E-state index in [0.29, 0.717) is 27.7 Å². The second-order valence-electron chi connectivity index (χ2n) is 7.27. The van der Waals surface area contributed by atoms with Crippen LogP contribution in [0.25, 0.3) is 22.0 Å². The smallest absolute Gasteiger partial charge is 0.384 e. The summed E-state index contributed by atoms with van der Waals surface area (Å²) in [6.45, 7) is 1.80. The quantitative estimate of drug-likeness (QED) is 0.430. The standard InChI is InChI=1S/C23H17F3N4O2/c1-12-5-6-16(29-21(31)13-3-2-4-15(7-13)23(24,25)26)9-17(12)18-8-14-11-28-20(27)10-19(14)30-22(18)32/h2-11H,1H3,(H2,27,28)(H,29,31)(H,30,32). The fourth-order valence-corrected chi connectivity index (χ4v) is 3.35. The van der Waals surface area contributed by atoms with Gasteiger partial charge in [-0.1, -0.05) is 12.1 Å². The maximum absolute atomic E-state index is 12.9. The molecule has 0 saturated carbocycles. The minimum absolute atomic E-state index is 0.130. The molecule has 0 atom stereocenters. The SMILES string of the molecule is Cc1ccc(NC(=O)c2cccc(C(F)(F)F)c2)cc1-c1cc2cnc(N)cc2[nH]c1=O. The van der Waals surface area contributed by atoms with Crippen LogP contribution in [0.2, 0.25) is 0 Å². The maximum Gasteiger partial charge on any atom is 0.416 e. The molecule has 0 radical (unpaired) electrons. The van der Waals surface area contributed by atoms with Crippen molar-refractivity contribution >= 4 is 28.3 Å². The van der Waals surface area contributed by atoms with Crippen LogP contribution in [-0.4, -0.2) is 15.9 Å². The molecule has 0 unspecified atom stereocenters. The van der Waals surface area contributed by atoms with E-state index in [1.54, 1.807) is 43.5 Å². The molecule has 6 nitrogen and oxygen atoms in total. The number of aryl methyl sites for hydroxylation is 1. The molecular weight excluding hydrogens is 421 g/mol. The lowest BCUT2D eigenvalue weighted by Crippen LogP contribution is -2.14. The van der Waals surface area contributed by atoms with Crippen LogP contribution in [0.5, 0.6) is 0 Å². The number of anilines is 2. The maximum atomic E-state index is 12.9. The number of hydrogen-bond donors (Lipinski definition) is 3. The summed E-state index contributed by atoms with van der Waals surface area (Å²) in [5.74, 6) is -0.422. The largest absolute Gasteiger partial charge is 0.416 e. The Kier molecular flexibility index (Phi) is 5.17. The molecule has 0 bridgehead atoms. The van der Waals surface area contributed by atoms with Gasteiger partial charge in [0.05, 0.1) is 11.1 Å². The predicted molar refractivity (Wildman–Crippen MR) is 116 cm³/mol. The number of alkyl halides is 3. The van der Waals surface area contributed by atoms with Gasteiger partial charge in [-0.25, -0.2) is 4.98 Å². The molecule has 162 valence electrons. The first kappa shape index (κ1) is 21.1. The summed E-state index contributed by atoms with van der Waals surface area (Å²) in [7, 11) is 0. The van der Waals surface area contributed by atoms with Crippen molar-refractivity contribution in [2.24, 2.45) is 0 Å². The van der Waals surface area contributed by atoms with Crippen LogP contribution in [0.15, 0.2) is 65.6 Å². The van der Waals surface area contributed by atoms with Crippen LogP contribution < -0.4 is 16.6 Å². The molecule has 9 heteroatoms. The normalized spacial score (nSPS) is 11.5. The number of nitrogens with two attached hydrogens (primary N) is 1. The number of H-pyrrole nitrogens is 1. The van der Waals surface area contributed by atoms with Crippen molar-refractivity contribution in [1.29, 1.82) is 0 Å². The summed E-state index contributed by atoms with van der Waals surface area (Å²) in [6.07, 6.45) is -3.01. The molecule has 4 rings (SSSR count). The monoisotopic (exact) mass is 438 g/mol. The lowest BCUT2D eigenvalue weighted by Gasteiger charge is -2.12. The van der Waals surface area contributed by atoms with Gasteiger partial charge < -0.3 is 16.0 Å². The number of carbonyl (C=O) groups excluding carboxylic acids is 1. The first-order valence-corrected chi connectivity index (χ1v) is 9.50. The van der Waals surface area contributed by atoms with Crippen molar-refractivity contribution in [3.8, 4) is 11.1 Å². The van der Waals surface area contributed by atoms with Gasteiger partial charge in [-0.15, -0.1) is 0 Å². The Morgan fingerprint density at radius 1 is 1.06 bits per heavy atom. The molecule has 1 amide bonds. The van der Waals surface area contributed by atoms with Gasteiger partial charge in [-0.05, 0) is 54.4 Å². The summed E-state index contributed by atoms with van der Waals surface area (Å²) >= 11 is 0. The zero-order chi connectivity index (χ0) is 23.0. The van der Waals surface area contributed by atoms with Crippen molar-refractivity contribution in [1.82, 2.24) is 9.97 Å². The number of nitrogens with one attached hydrogen (secondary N) is 2. The third-order valence-corrected chi connectivity index (χ3v) is 4.99. The fraction of sp³-hybridized carbons (Fsp3) is 0.0870. The number of pyridine rings is 2. The molecule has 0 fully saturated rings. The van der Waals surface area contributed by atoms with Crippen LogP contribution in [-0.2, 0) is 6.18 Å². The van der Waals surface area contributed by atoms with Crippen LogP contribution in [0, 0.1) is 6.92 Å². The number of carbonyl (C=O) groups is 1. The third kappa shape index (κ3) is 4.18. The molecule has 2 heterocycles. The fourth-order valence-electron chi connectivity index (χ4n) is 3.35. The number of aromatic nitrogens is 2. The molecule has 0 aliphatic carbocycles. The van der Waals surface area contributed by atoms with Gasteiger partial charge in [0.1, 0.15) is 5.82 Å². The zero-order valence-corrected chi connectivity index (χ0v) is 16.7. The predicted octanol–water partition coefficient (Wildman–Crippen LogP) is 4.75. The number of halogens is 3. The highest BCUT2D eigenvalue weighted by molar-refractivity contribution is 6.04. The van der Waals surface area contributed by atoms with E-state index in [4.69, 9.17) is 5.73 Å². The Morgan fingerprint density at radius 3 is 2.59 bits per heavy atom. The molecule has 32 heavy (non-hydrogen) atoms. The van der Waals surface area contributed by atoms with E-state index in [9.17, 15) is 22.8 Å². The molecule has 4 aromatic rings. The van der Waals surface area contributed by atoms with Gasteiger partial charge >= 0.3 is 6.18 Å². The topological polar surface area (TPSA) is 101 Å². The minimum atomic E-state index is -4.55. The Balaban J connectivity index is 1.69. The van der Waals surface area contributed by atoms with Gasteiger partial charge in [0.25, 0.3) is 11.5 Å². The zero-order valence-electron chi connectivity index (χ0n) is 16.7. The Hall–Kier alpha value is -4.14. The highest BCUT2D eigenvalue weighted by Crippen LogP contribution is 2.30. The highest BCUT2D eigenvalue weighted by atomic mass is 19.4. The van der Waals surface area contributed by atoms with Crippen LogP contribution in [0.4, 0.5) is 24.7 Å². The molecule has 2 aromatic carbocycles. The van der Waals surface area contributed by atoms with Gasteiger partial charge in [0.2, 0.25) is 0 Å². The second-order valence-corrected chi connectivity index (χ2v) is 7.27. The van der Waals surface area contributed by atoms with Crippen LogP contribution in [0.1, 0.15) is 21.5 Å². The Bertz CT molecular complexity index is 1410. The number of nitrogens with zero attached hydrogens (tertiary/aromatic N) is 1. The van der Waals surface area contributed by atoms with Gasteiger partial charge in [-0.3, -0.25) is 9.59 Å². The Labute approximate surface area is 179 Å². The number of aromatic amines is 1. The third-order valence-electron chi connectivity index (χ3n) is 4.99. The van der Waals surface area contributed by atoms with E-state index in [1.807, 2.05) is 0 Å². The molecule has 0 spiro atoms. The summed E-state index contributed by atoms with van der Waals surface area (Å²) in [4.78, 5) is 32.0. The molecule has 0 aliphatic heterocycles. The van der Waals surface area contributed by atoms with Crippen molar-refractivity contribution < 1.29 is 18.0 Å². The highest BCUT2D eigenvalue weighted by Gasteiger charge is 2.30. The number of hydrogen-bond acceptors (Lipinski definition) is 4. The van der Waals surface area contributed by atoms with E-state index in [2.05, 4.69) is 15.3 Å². The van der Waals surface area contributed by atoms with Gasteiger partial charge in [-0.2, -0.15) is 13.2 Å². The molecule has 2 aromatic heterocycles. The van der Waals surface area contributed by atoms with E-state index in [0.717, 1.165) is 17.7 Å². The first-order chi connectivity index (χ1) is 15.1. The summed E-state index contributed by atoms with van der Waals surface area (Å²) < 4.78 is 38.8. The second kappa shape index (κ2) is 7.84. The molecule has 4 N–H and O–H groups in total. The number of rotatable bonds is 3. The average molecular weight is 438 g/mol. The summed E-state index contributed by atoms with van der Waals surface area (Å²) in [5, 5.41) is 3.26.